The summed E-state index contributed by atoms with van der Waals surface area (Å²) in [6, 6.07) is 9.26. The van der Waals surface area contributed by atoms with E-state index in [0.717, 1.165) is 0 Å². The molecule has 31 heavy (non-hydrogen) atoms. The van der Waals surface area contributed by atoms with Crippen LogP contribution in [0.25, 0.3) is 0 Å². The second-order valence-electron chi connectivity index (χ2n) is 6.17. The van der Waals surface area contributed by atoms with E-state index in [1.165, 1.54) is 25.3 Å². The number of hydrogen-bond acceptors (Lipinski definition) is 6. The van der Waals surface area contributed by atoms with E-state index >= 15 is 0 Å². The molecule has 1 unspecified atom stereocenters. The molecule has 0 aliphatic carbocycles. The molecule has 1 N–H and O–H groups in total. The lowest BCUT2D eigenvalue weighted by Crippen LogP contribution is -2.20. The summed E-state index contributed by atoms with van der Waals surface area (Å²) in [7, 11) is -0.216. The lowest BCUT2D eigenvalue weighted by Gasteiger charge is -2.13. The van der Waals surface area contributed by atoms with Crippen molar-refractivity contribution in [3.8, 4) is 23.0 Å². The molecule has 1 amide bonds. The summed E-state index contributed by atoms with van der Waals surface area (Å²) >= 11 is 0. The van der Waals surface area contributed by atoms with Crippen LogP contribution >= 0.6 is 0 Å². The maximum atomic E-state index is 12.4. The number of nitrogens with one attached hydrogen (secondary N) is 1. The summed E-state index contributed by atoms with van der Waals surface area (Å²) in [5, 5.41) is 2.68. The van der Waals surface area contributed by atoms with Gasteiger partial charge >= 0.3 is 6.61 Å². The van der Waals surface area contributed by atoms with Crippen molar-refractivity contribution in [3.05, 3.63) is 42.0 Å². The van der Waals surface area contributed by atoms with Gasteiger partial charge in [-0.25, -0.2) is 0 Å². The highest BCUT2D eigenvalue weighted by molar-refractivity contribution is 7.84. The van der Waals surface area contributed by atoms with Gasteiger partial charge < -0.3 is 24.3 Å². The number of rotatable bonds is 12. The third kappa shape index (κ3) is 7.71. The Labute approximate surface area is 182 Å². The van der Waals surface area contributed by atoms with Crippen LogP contribution in [0, 0.1) is 0 Å². The molecule has 0 heterocycles. The van der Waals surface area contributed by atoms with Gasteiger partial charge in [0.2, 0.25) is 5.91 Å². The van der Waals surface area contributed by atoms with Gasteiger partial charge in [-0.1, -0.05) is 6.07 Å². The second kappa shape index (κ2) is 12.1. The fourth-order valence-corrected chi connectivity index (χ4v) is 3.72. The summed E-state index contributed by atoms with van der Waals surface area (Å²) in [5.74, 6) is 0.415. The van der Waals surface area contributed by atoms with E-state index in [-0.39, 0.29) is 23.0 Å². The molecule has 0 aromatic heterocycles. The van der Waals surface area contributed by atoms with E-state index in [9.17, 15) is 17.8 Å². The van der Waals surface area contributed by atoms with Crippen LogP contribution in [0.5, 0.6) is 23.0 Å². The smallest absolute Gasteiger partial charge is 0.387 e. The van der Waals surface area contributed by atoms with Crippen LogP contribution in [0.3, 0.4) is 0 Å². The molecule has 2 aromatic rings. The average Bonchev–Trinajstić information content (AvgIpc) is 2.70. The molecule has 0 saturated heterocycles. The van der Waals surface area contributed by atoms with Crippen molar-refractivity contribution < 1.29 is 36.7 Å². The third-order valence-corrected chi connectivity index (χ3v) is 5.13. The highest BCUT2D eigenvalue weighted by Gasteiger charge is 2.15. The zero-order valence-electron chi connectivity index (χ0n) is 17.5. The van der Waals surface area contributed by atoms with Crippen LogP contribution < -0.4 is 24.3 Å². The number of anilines is 1. The summed E-state index contributed by atoms with van der Waals surface area (Å²) < 4.78 is 57.6. The Morgan fingerprint density at radius 2 is 1.68 bits per heavy atom. The Kier molecular flexibility index (Phi) is 9.51. The normalized spacial score (nSPS) is 11.7. The number of methoxy groups -OCH3 is 1. The molecule has 10 heteroatoms. The number of alkyl halides is 2. The van der Waals surface area contributed by atoms with Crippen molar-refractivity contribution in [2.24, 2.45) is 0 Å². The third-order valence-electron chi connectivity index (χ3n) is 3.89. The average molecular weight is 457 g/mol. The van der Waals surface area contributed by atoms with Crippen LogP contribution in [0.1, 0.15) is 19.4 Å². The standard InChI is InChI=1S/C21H25F2NO6S/c1-4-28-16-9-7-15(11-19(16)29-5-2)24-20(25)13-31(26)12-14-6-8-17(30-21(22)23)18(10-14)27-3/h6-11,21H,4-5,12-13H2,1-3H3,(H,24,25). The van der Waals surface area contributed by atoms with Gasteiger partial charge in [0.05, 0.1) is 20.3 Å². The van der Waals surface area contributed by atoms with Crippen molar-refractivity contribution in [2.45, 2.75) is 26.2 Å². The fourth-order valence-electron chi connectivity index (χ4n) is 2.70. The fraction of sp³-hybridized carbons (Fsp3) is 0.381. The Bertz CT molecular complexity index is 909. The predicted octanol–water partition coefficient (Wildman–Crippen LogP) is 3.98. The van der Waals surface area contributed by atoms with E-state index in [2.05, 4.69) is 10.1 Å². The van der Waals surface area contributed by atoms with E-state index in [4.69, 9.17) is 14.2 Å². The quantitative estimate of drug-likeness (QED) is 0.519. The first-order valence-corrected chi connectivity index (χ1v) is 11.0. The molecular weight excluding hydrogens is 432 g/mol. The van der Waals surface area contributed by atoms with Gasteiger partial charge in [-0.2, -0.15) is 8.78 Å². The lowest BCUT2D eigenvalue weighted by atomic mass is 10.2. The molecular formula is C21H25F2NO6S. The lowest BCUT2D eigenvalue weighted by molar-refractivity contribution is -0.113. The number of amides is 1. The Morgan fingerprint density at radius 3 is 2.32 bits per heavy atom. The molecule has 0 aliphatic rings. The topological polar surface area (TPSA) is 83.1 Å². The number of ether oxygens (including phenoxy) is 4. The van der Waals surface area contributed by atoms with Crippen molar-refractivity contribution >= 4 is 22.4 Å². The summed E-state index contributed by atoms with van der Waals surface area (Å²) in [6.45, 7) is 1.63. The van der Waals surface area contributed by atoms with E-state index in [1.807, 2.05) is 13.8 Å². The number of hydrogen-bond donors (Lipinski definition) is 1. The zero-order valence-corrected chi connectivity index (χ0v) is 18.3. The van der Waals surface area contributed by atoms with Crippen molar-refractivity contribution in [3.63, 3.8) is 0 Å². The van der Waals surface area contributed by atoms with E-state index in [0.29, 0.717) is 36.0 Å². The van der Waals surface area contributed by atoms with Gasteiger partial charge in [-0.05, 0) is 43.7 Å². The molecule has 170 valence electrons. The summed E-state index contributed by atoms with van der Waals surface area (Å²) in [6.07, 6.45) is 0. The second-order valence-corrected chi connectivity index (χ2v) is 7.62. The van der Waals surface area contributed by atoms with Gasteiger partial charge in [0.25, 0.3) is 0 Å². The molecule has 7 nitrogen and oxygen atoms in total. The first-order chi connectivity index (χ1) is 14.9. The number of halogens is 2. The molecule has 0 aliphatic heterocycles. The van der Waals surface area contributed by atoms with E-state index in [1.54, 1.807) is 18.2 Å². The van der Waals surface area contributed by atoms with E-state index < -0.39 is 23.3 Å². The monoisotopic (exact) mass is 457 g/mol. The van der Waals surface area contributed by atoms with Gasteiger partial charge in [0.15, 0.2) is 23.0 Å². The number of carbonyl (C=O) groups is 1. The van der Waals surface area contributed by atoms with Crippen LogP contribution in [0.4, 0.5) is 14.5 Å². The SMILES string of the molecule is CCOc1ccc(NC(=O)CS(=O)Cc2ccc(OC(F)F)c(OC)c2)cc1OCC. The molecule has 0 saturated carbocycles. The van der Waals surface area contributed by atoms with Gasteiger partial charge in [0, 0.05) is 28.3 Å². The van der Waals surface area contributed by atoms with Crippen molar-refractivity contribution in [1.82, 2.24) is 0 Å². The van der Waals surface area contributed by atoms with Gasteiger partial charge in [-0.15, -0.1) is 0 Å². The van der Waals surface area contributed by atoms with Gasteiger partial charge in [0.1, 0.15) is 5.75 Å². The van der Waals surface area contributed by atoms with Crippen LogP contribution in [-0.4, -0.2) is 42.8 Å². The van der Waals surface area contributed by atoms with Crippen LogP contribution in [-0.2, 0) is 21.3 Å². The first kappa shape index (κ1) is 24.4. The minimum absolute atomic E-state index is 0.0478. The maximum absolute atomic E-state index is 12.4. The molecule has 2 aromatic carbocycles. The van der Waals surface area contributed by atoms with Crippen LogP contribution in [0.2, 0.25) is 0 Å². The van der Waals surface area contributed by atoms with Crippen molar-refractivity contribution in [1.29, 1.82) is 0 Å². The molecule has 0 spiro atoms. The number of benzene rings is 2. The maximum Gasteiger partial charge on any atom is 0.387 e. The molecule has 2 rings (SSSR count). The highest BCUT2D eigenvalue weighted by Crippen LogP contribution is 2.31. The summed E-state index contributed by atoms with van der Waals surface area (Å²) in [5.41, 5.74) is 1.05. The molecule has 1 atom stereocenters. The largest absolute Gasteiger partial charge is 0.493 e. The Balaban J connectivity index is 1.98. The molecule has 0 bridgehead atoms. The molecule has 0 radical (unpaired) electrons. The van der Waals surface area contributed by atoms with Crippen molar-refractivity contribution in [2.75, 3.05) is 31.4 Å². The highest BCUT2D eigenvalue weighted by atomic mass is 32.2. The minimum atomic E-state index is -2.98. The van der Waals surface area contributed by atoms with Crippen LogP contribution in [0.15, 0.2) is 36.4 Å². The number of carbonyl (C=O) groups excluding carboxylic acids is 1. The Hall–Kier alpha value is -2.88. The Morgan fingerprint density at radius 1 is 1.00 bits per heavy atom. The predicted molar refractivity (Wildman–Crippen MR) is 114 cm³/mol. The zero-order chi connectivity index (χ0) is 22.8. The summed E-state index contributed by atoms with van der Waals surface area (Å²) in [4.78, 5) is 12.3. The minimum Gasteiger partial charge on any atom is -0.493 e. The molecule has 0 fully saturated rings. The van der Waals surface area contributed by atoms with Gasteiger partial charge in [-0.3, -0.25) is 9.00 Å². The first-order valence-electron chi connectivity index (χ1n) is 9.52.